The Labute approximate surface area is 173 Å². The summed E-state index contributed by atoms with van der Waals surface area (Å²) in [5.41, 5.74) is -0.0390. The van der Waals surface area contributed by atoms with Crippen molar-refractivity contribution in [3.63, 3.8) is 0 Å². The topological polar surface area (TPSA) is 72.2 Å². The SMILES string of the molecule is CC1(C)[C@@H](C=C(Cl)Cl)[C@@H]1C(=O)OC(C#N)c1cccc(Oc2ccccc2)n1. The lowest BCUT2D eigenvalue weighted by Gasteiger charge is -2.12. The first kappa shape index (κ1) is 20.2. The summed E-state index contributed by atoms with van der Waals surface area (Å²) in [6.45, 7) is 3.84. The molecule has 3 atom stereocenters. The highest BCUT2D eigenvalue weighted by Gasteiger charge is 2.62. The lowest BCUT2D eigenvalue weighted by Crippen LogP contribution is -2.15. The molecule has 0 radical (unpaired) electrons. The van der Waals surface area contributed by atoms with Gasteiger partial charge in [0.05, 0.1) is 11.6 Å². The van der Waals surface area contributed by atoms with Crippen LogP contribution in [0.3, 0.4) is 0 Å². The van der Waals surface area contributed by atoms with Gasteiger partial charge in [0.15, 0.2) is 0 Å². The first-order chi connectivity index (χ1) is 13.3. The number of benzene rings is 1. The molecule has 1 saturated carbocycles. The number of pyridine rings is 1. The smallest absolute Gasteiger partial charge is 0.311 e. The van der Waals surface area contributed by atoms with Gasteiger partial charge in [-0.2, -0.15) is 5.26 Å². The molecule has 1 heterocycles. The molecule has 0 amide bonds. The molecular weight excluding hydrogens is 399 g/mol. The second-order valence-electron chi connectivity index (χ2n) is 7.04. The van der Waals surface area contributed by atoms with Crippen LogP contribution in [0.1, 0.15) is 25.6 Å². The number of nitriles is 1. The largest absolute Gasteiger partial charge is 0.440 e. The predicted octanol–water partition coefficient (Wildman–Crippen LogP) is 5.57. The van der Waals surface area contributed by atoms with Crippen LogP contribution < -0.4 is 4.74 Å². The van der Waals surface area contributed by atoms with E-state index < -0.39 is 18.0 Å². The van der Waals surface area contributed by atoms with Crippen LogP contribution in [-0.4, -0.2) is 11.0 Å². The van der Waals surface area contributed by atoms with Gasteiger partial charge in [-0.3, -0.25) is 4.79 Å². The molecule has 144 valence electrons. The van der Waals surface area contributed by atoms with Crippen molar-refractivity contribution in [2.75, 3.05) is 0 Å². The van der Waals surface area contributed by atoms with Crippen LogP contribution in [0.4, 0.5) is 0 Å². The number of hydrogen-bond donors (Lipinski definition) is 0. The molecule has 0 bridgehead atoms. The van der Waals surface area contributed by atoms with Crippen LogP contribution in [-0.2, 0) is 9.53 Å². The minimum atomic E-state index is -1.14. The zero-order chi connectivity index (χ0) is 20.3. The fourth-order valence-electron chi connectivity index (χ4n) is 3.16. The number of carbonyl (C=O) groups excluding carboxylic acids is 1. The van der Waals surface area contributed by atoms with Gasteiger partial charge in [0.25, 0.3) is 0 Å². The number of nitrogens with zero attached hydrogens (tertiary/aromatic N) is 2. The first-order valence-electron chi connectivity index (χ1n) is 8.65. The number of esters is 1. The summed E-state index contributed by atoms with van der Waals surface area (Å²) in [7, 11) is 0. The molecule has 1 aliphatic rings. The van der Waals surface area contributed by atoms with Crippen LogP contribution in [0.25, 0.3) is 0 Å². The Bertz CT molecular complexity index is 934. The molecule has 2 aromatic rings. The average Bonchev–Trinajstić information content (AvgIpc) is 3.20. The number of hydrogen-bond acceptors (Lipinski definition) is 5. The third-order valence-corrected chi connectivity index (χ3v) is 5.05. The Morgan fingerprint density at radius 3 is 2.57 bits per heavy atom. The van der Waals surface area contributed by atoms with Gasteiger partial charge in [0.2, 0.25) is 12.0 Å². The molecule has 3 rings (SSSR count). The number of rotatable bonds is 6. The van der Waals surface area contributed by atoms with Crippen molar-refractivity contribution in [1.82, 2.24) is 4.98 Å². The van der Waals surface area contributed by atoms with Crippen LogP contribution in [0.5, 0.6) is 11.6 Å². The molecule has 1 fully saturated rings. The fourth-order valence-corrected chi connectivity index (χ4v) is 3.43. The number of aromatic nitrogens is 1. The standard InChI is InChI=1S/C21H18Cl2N2O3/c1-21(2)14(11-17(22)23)19(21)20(26)28-16(12-24)15-9-6-10-18(25-15)27-13-7-4-3-5-8-13/h3-11,14,16,19H,1-2H3/t14-,16?,19+/m0/s1. The molecule has 0 N–H and O–H groups in total. The summed E-state index contributed by atoms with van der Waals surface area (Å²) in [6.07, 6.45) is 0.488. The summed E-state index contributed by atoms with van der Waals surface area (Å²) in [4.78, 5) is 16.9. The monoisotopic (exact) mass is 416 g/mol. The minimum Gasteiger partial charge on any atom is -0.440 e. The van der Waals surface area contributed by atoms with E-state index >= 15 is 0 Å². The third-order valence-electron chi connectivity index (χ3n) is 4.80. The average molecular weight is 417 g/mol. The number of para-hydroxylation sites is 1. The Balaban J connectivity index is 1.72. The van der Waals surface area contributed by atoms with E-state index in [9.17, 15) is 10.1 Å². The van der Waals surface area contributed by atoms with Crippen LogP contribution >= 0.6 is 23.2 Å². The normalized spacial score (nSPS) is 20.4. The number of ether oxygens (including phenoxy) is 2. The fraction of sp³-hybridized carbons (Fsp3) is 0.286. The van der Waals surface area contributed by atoms with E-state index in [0.29, 0.717) is 17.3 Å². The zero-order valence-electron chi connectivity index (χ0n) is 15.3. The van der Waals surface area contributed by atoms with Crippen molar-refractivity contribution < 1.29 is 14.3 Å². The lowest BCUT2D eigenvalue weighted by molar-refractivity contribution is -0.149. The molecule has 0 aliphatic heterocycles. The van der Waals surface area contributed by atoms with Crippen LogP contribution in [0.15, 0.2) is 59.1 Å². The third kappa shape index (κ3) is 4.46. The maximum Gasteiger partial charge on any atom is 0.311 e. The van der Waals surface area contributed by atoms with Crippen molar-refractivity contribution in [3.05, 3.63) is 64.8 Å². The lowest BCUT2D eigenvalue weighted by atomic mass is 10.1. The van der Waals surface area contributed by atoms with E-state index in [2.05, 4.69) is 4.98 Å². The molecule has 28 heavy (non-hydrogen) atoms. The van der Waals surface area contributed by atoms with E-state index in [1.54, 1.807) is 36.4 Å². The van der Waals surface area contributed by atoms with Crippen LogP contribution in [0, 0.1) is 28.6 Å². The van der Waals surface area contributed by atoms with Crippen molar-refractivity contribution >= 4 is 29.2 Å². The Hall–Kier alpha value is -2.55. The van der Waals surface area contributed by atoms with Gasteiger partial charge in [-0.15, -0.1) is 0 Å². The summed E-state index contributed by atoms with van der Waals surface area (Å²) < 4.78 is 11.2. The molecule has 7 heteroatoms. The summed E-state index contributed by atoms with van der Waals surface area (Å²) in [5.74, 6) is -0.111. The second-order valence-corrected chi connectivity index (χ2v) is 8.05. The number of carbonyl (C=O) groups is 1. The maximum absolute atomic E-state index is 12.6. The molecule has 0 saturated heterocycles. The van der Waals surface area contributed by atoms with E-state index in [-0.39, 0.29) is 15.8 Å². The van der Waals surface area contributed by atoms with Gasteiger partial charge in [-0.25, -0.2) is 4.98 Å². The van der Waals surface area contributed by atoms with Crippen LogP contribution in [0.2, 0.25) is 0 Å². The Morgan fingerprint density at radius 2 is 1.93 bits per heavy atom. The van der Waals surface area contributed by atoms with Gasteiger partial charge in [-0.05, 0) is 35.6 Å². The quantitative estimate of drug-likeness (QED) is 0.575. The van der Waals surface area contributed by atoms with Gasteiger partial charge < -0.3 is 9.47 Å². The molecule has 0 spiro atoms. The Morgan fingerprint density at radius 1 is 1.21 bits per heavy atom. The molecule has 1 aromatic heterocycles. The van der Waals surface area contributed by atoms with E-state index in [1.165, 1.54) is 0 Å². The van der Waals surface area contributed by atoms with Gasteiger partial charge in [-0.1, -0.05) is 61.3 Å². The first-order valence-corrected chi connectivity index (χ1v) is 9.41. The summed E-state index contributed by atoms with van der Waals surface area (Å²) in [6, 6.07) is 16.1. The van der Waals surface area contributed by atoms with Crippen molar-refractivity contribution in [2.24, 2.45) is 17.3 Å². The number of allylic oxidation sites excluding steroid dienone is 1. The van der Waals surface area contributed by atoms with Crippen molar-refractivity contribution in [1.29, 1.82) is 5.26 Å². The Kier molecular flexibility index (Phi) is 5.93. The van der Waals surface area contributed by atoms with Gasteiger partial charge in [0.1, 0.15) is 16.3 Å². The van der Waals surface area contributed by atoms with Gasteiger partial charge in [0, 0.05) is 6.07 Å². The van der Waals surface area contributed by atoms with E-state index in [4.69, 9.17) is 32.7 Å². The highest BCUT2D eigenvalue weighted by molar-refractivity contribution is 6.55. The highest BCUT2D eigenvalue weighted by Crippen LogP contribution is 2.60. The predicted molar refractivity (Wildman–Crippen MR) is 106 cm³/mol. The number of halogens is 2. The molecule has 1 aliphatic carbocycles. The van der Waals surface area contributed by atoms with Gasteiger partial charge >= 0.3 is 5.97 Å². The summed E-state index contributed by atoms with van der Waals surface area (Å²) in [5, 5.41) is 9.49. The van der Waals surface area contributed by atoms with E-state index in [1.807, 2.05) is 38.1 Å². The van der Waals surface area contributed by atoms with E-state index in [0.717, 1.165) is 0 Å². The molecule has 1 unspecified atom stereocenters. The van der Waals surface area contributed by atoms with Crippen molar-refractivity contribution in [3.8, 4) is 17.7 Å². The zero-order valence-corrected chi connectivity index (χ0v) is 16.8. The summed E-state index contributed by atoms with van der Waals surface area (Å²) >= 11 is 11.4. The highest BCUT2D eigenvalue weighted by atomic mass is 35.5. The second kappa shape index (κ2) is 8.22. The molecule has 1 aromatic carbocycles. The molecule has 5 nitrogen and oxygen atoms in total. The maximum atomic E-state index is 12.6. The van der Waals surface area contributed by atoms with Crippen molar-refractivity contribution in [2.45, 2.75) is 20.0 Å². The minimum absolute atomic E-state index is 0.109. The molecular formula is C21H18Cl2N2O3.